The number of phenolic OH excluding ortho intramolecular Hbond substituents is 1. The van der Waals surface area contributed by atoms with E-state index in [4.69, 9.17) is 4.74 Å². The molecular weight excluding hydrogens is 197 g/mol. The van der Waals surface area contributed by atoms with Crippen LogP contribution in [-0.4, -0.2) is 24.8 Å². The number of rotatable bonds is 1. The van der Waals surface area contributed by atoms with Crippen LogP contribution < -0.4 is 5.32 Å². The van der Waals surface area contributed by atoms with E-state index in [2.05, 4.69) is 5.32 Å². The smallest absolute Gasteiger partial charge is 0.165 e. The van der Waals surface area contributed by atoms with Gasteiger partial charge in [-0.3, -0.25) is 0 Å². The average molecular weight is 211 g/mol. The van der Waals surface area contributed by atoms with Gasteiger partial charge in [-0.25, -0.2) is 4.39 Å². The number of hydrogen-bond donors (Lipinski definition) is 2. The molecular formula is C11H14FNO2. The van der Waals surface area contributed by atoms with E-state index < -0.39 is 5.82 Å². The molecule has 1 aliphatic heterocycles. The van der Waals surface area contributed by atoms with Gasteiger partial charge in [-0.1, -0.05) is 6.07 Å². The first-order valence-corrected chi connectivity index (χ1v) is 5.00. The highest BCUT2D eigenvalue weighted by Crippen LogP contribution is 2.32. The molecule has 15 heavy (non-hydrogen) atoms. The quantitative estimate of drug-likeness (QED) is 0.739. The molecule has 1 aromatic carbocycles. The number of aromatic hydroxyl groups is 1. The molecule has 0 saturated carbocycles. The van der Waals surface area contributed by atoms with E-state index in [1.54, 1.807) is 6.07 Å². The molecule has 0 radical (unpaired) electrons. The number of benzene rings is 1. The Morgan fingerprint density at radius 3 is 3.00 bits per heavy atom. The van der Waals surface area contributed by atoms with Crippen LogP contribution in [0.2, 0.25) is 0 Å². The summed E-state index contributed by atoms with van der Waals surface area (Å²) < 4.78 is 18.7. The van der Waals surface area contributed by atoms with Gasteiger partial charge in [0.1, 0.15) is 0 Å². The van der Waals surface area contributed by atoms with Crippen molar-refractivity contribution in [3.63, 3.8) is 0 Å². The molecule has 2 rings (SSSR count). The van der Waals surface area contributed by atoms with Gasteiger partial charge in [0.15, 0.2) is 11.6 Å². The van der Waals surface area contributed by atoms with Crippen LogP contribution in [0, 0.1) is 12.7 Å². The summed E-state index contributed by atoms with van der Waals surface area (Å²) in [6, 6.07) is 2.92. The lowest BCUT2D eigenvalue weighted by Gasteiger charge is -2.25. The molecule has 4 heteroatoms. The highest BCUT2D eigenvalue weighted by Gasteiger charge is 2.22. The fourth-order valence-corrected chi connectivity index (χ4v) is 1.84. The zero-order chi connectivity index (χ0) is 10.8. The lowest BCUT2D eigenvalue weighted by Crippen LogP contribution is -2.33. The summed E-state index contributed by atoms with van der Waals surface area (Å²) >= 11 is 0. The minimum atomic E-state index is -0.593. The monoisotopic (exact) mass is 211 g/mol. The molecule has 0 aliphatic carbocycles. The van der Waals surface area contributed by atoms with Crippen LogP contribution in [0.15, 0.2) is 12.1 Å². The van der Waals surface area contributed by atoms with Crippen molar-refractivity contribution in [3.8, 4) is 5.75 Å². The molecule has 1 fully saturated rings. The van der Waals surface area contributed by atoms with Gasteiger partial charge in [0.2, 0.25) is 0 Å². The number of morpholine rings is 1. The third-order valence-electron chi connectivity index (χ3n) is 2.64. The lowest BCUT2D eigenvalue weighted by atomic mass is 10.0. The van der Waals surface area contributed by atoms with E-state index in [0.717, 1.165) is 12.1 Å². The first kappa shape index (κ1) is 10.4. The van der Waals surface area contributed by atoms with Crippen LogP contribution >= 0.6 is 0 Å². The molecule has 2 N–H and O–H groups in total. The largest absolute Gasteiger partial charge is 0.505 e. The summed E-state index contributed by atoms with van der Waals surface area (Å²) in [6.45, 7) is 3.83. The molecule has 1 aromatic rings. The van der Waals surface area contributed by atoms with Crippen molar-refractivity contribution in [2.75, 3.05) is 19.7 Å². The van der Waals surface area contributed by atoms with Crippen molar-refractivity contribution in [3.05, 3.63) is 29.1 Å². The minimum absolute atomic E-state index is 0.255. The number of aryl methyl sites for hydroxylation is 1. The van der Waals surface area contributed by atoms with E-state index in [9.17, 15) is 9.50 Å². The molecule has 1 saturated heterocycles. The molecule has 3 nitrogen and oxygen atoms in total. The SMILES string of the molecule is Cc1ccc(F)c(O)c1C1CNCCO1. The van der Waals surface area contributed by atoms with Gasteiger partial charge in [-0.2, -0.15) is 0 Å². The highest BCUT2D eigenvalue weighted by molar-refractivity contribution is 5.41. The van der Waals surface area contributed by atoms with Gasteiger partial charge in [-0.15, -0.1) is 0 Å². The summed E-state index contributed by atoms with van der Waals surface area (Å²) in [7, 11) is 0. The Hall–Kier alpha value is -1.13. The summed E-state index contributed by atoms with van der Waals surface area (Å²) in [6.07, 6.45) is -0.255. The van der Waals surface area contributed by atoms with Crippen molar-refractivity contribution in [1.82, 2.24) is 5.32 Å². The van der Waals surface area contributed by atoms with Gasteiger partial charge >= 0.3 is 0 Å². The second-order valence-electron chi connectivity index (χ2n) is 3.69. The van der Waals surface area contributed by atoms with Gasteiger partial charge in [0.25, 0.3) is 0 Å². The van der Waals surface area contributed by atoms with Crippen molar-refractivity contribution >= 4 is 0 Å². The fourth-order valence-electron chi connectivity index (χ4n) is 1.84. The van der Waals surface area contributed by atoms with E-state index in [1.807, 2.05) is 6.92 Å². The van der Waals surface area contributed by atoms with Crippen LogP contribution in [0.1, 0.15) is 17.2 Å². The molecule has 0 amide bonds. The van der Waals surface area contributed by atoms with Gasteiger partial charge in [0.05, 0.1) is 12.7 Å². The van der Waals surface area contributed by atoms with Crippen molar-refractivity contribution in [2.45, 2.75) is 13.0 Å². The Morgan fingerprint density at radius 1 is 1.53 bits per heavy atom. The summed E-state index contributed by atoms with van der Waals surface area (Å²) in [4.78, 5) is 0. The Morgan fingerprint density at radius 2 is 2.33 bits per heavy atom. The number of halogens is 1. The summed E-state index contributed by atoms with van der Waals surface area (Å²) in [5.41, 5.74) is 1.41. The van der Waals surface area contributed by atoms with Gasteiger partial charge < -0.3 is 15.2 Å². The Balaban J connectivity index is 2.36. The molecule has 0 bridgehead atoms. The number of phenols is 1. The Labute approximate surface area is 87.9 Å². The topological polar surface area (TPSA) is 41.5 Å². The number of hydrogen-bond acceptors (Lipinski definition) is 3. The zero-order valence-corrected chi connectivity index (χ0v) is 8.59. The Kier molecular flexibility index (Phi) is 2.88. The first-order valence-electron chi connectivity index (χ1n) is 5.00. The third-order valence-corrected chi connectivity index (χ3v) is 2.64. The molecule has 1 unspecified atom stereocenters. The van der Waals surface area contributed by atoms with Crippen LogP contribution in [0.25, 0.3) is 0 Å². The molecule has 1 heterocycles. The molecule has 0 aromatic heterocycles. The maximum absolute atomic E-state index is 13.2. The highest BCUT2D eigenvalue weighted by atomic mass is 19.1. The molecule has 1 atom stereocenters. The Bertz CT molecular complexity index is 362. The minimum Gasteiger partial charge on any atom is -0.505 e. The zero-order valence-electron chi connectivity index (χ0n) is 8.59. The van der Waals surface area contributed by atoms with Crippen molar-refractivity contribution < 1.29 is 14.2 Å². The average Bonchev–Trinajstić information content (AvgIpc) is 2.26. The van der Waals surface area contributed by atoms with Crippen molar-refractivity contribution in [1.29, 1.82) is 0 Å². The second-order valence-corrected chi connectivity index (χ2v) is 3.69. The first-order chi connectivity index (χ1) is 7.20. The number of ether oxygens (including phenoxy) is 1. The normalized spacial score (nSPS) is 21.6. The van der Waals surface area contributed by atoms with Crippen LogP contribution in [0.4, 0.5) is 4.39 Å². The van der Waals surface area contributed by atoms with Crippen molar-refractivity contribution in [2.24, 2.45) is 0 Å². The van der Waals surface area contributed by atoms with Crippen LogP contribution in [-0.2, 0) is 4.74 Å². The lowest BCUT2D eigenvalue weighted by molar-refractivity contribution is 0.0256. The van der Waals surface area contributed by atoms with Gasteiger partial charge in [0, 0.05) is 18.7 Å². The number of nitrogens with one attached hydrogen (secondary N) is 1. The van der Waals surface area contributed by atoms with Crippen LogP contribution in [0.5, 0.6) is 5.75 Å². The molecule has 0 spiro atoms. The third kappa shape index (κ3) is 1.96. The standard InChI is InChI=1S/C11H14FNO2/c1-7-2-3-8(12)11(14)10(7)9-6-13-4-5-15-9/h2-3,9,13-14H,4-6H2,1H3. The van der Waals surface area contributed by atoms with Crippen LogP contribution in [0.3, 0.4) is 0 Å². The predicted molar refractivity (Wildman–Crippen MR) is 54.4 cm³/mol. The van der Waals surface area contributed by atoms with E-state index in [-0.39, 0.29) is 11.9 Å². The summed E-state index contributed by atoms with van der Waals surface area (Å²) in [5, 5.41) is 12.8. The predicted octanol–water partition coefficient (Wildman–Crippen LogP) is 1.50. The molecule has 82 valence electrons. The maximum Gasteiger partial charge on any atom is 0.165 e. The van der Waals surface area contributed by atoms with E-state index in [0.29, 0.717) is 18.7 Å². The van der Waals surface area contributed by atoms with Gasteiger partial charge in [-0.05, 0) is 18.6 Å². The maximum atomic E-state index is 13.2. The summed E-state index contributed by atoms with van der Waals surface area (Å²) in [5.74, 6) is -0.881. The fraction of sp³-hybridized carbons (Fsp3) is 0.455. The van der Waals surface area contributed by atoms with E-state index >= 15 is 0 Å². The van der Waals surface area contributed by atoms with E-state index in [1.165, 1.54) is 6.07 Å². The second kappa shape index (κ2) is 4.16. The molecule has 1 aliphatic rings.